The topological polar surface area (TPSA) is 0 Å². The summed E-state index contributed by atoms with van der Waals surface area (Å²) in [6.45, 7) is 4.30. The van der Waals surface area contributed by atoms with E-state index in [0.29, 0.717) is 5.88 Å². The molecule has 0 spiro atoms. The van der Waals surface area contributed by atoms with Gasteiger partial charge in [0.15, 0.2) is 0 Å². The maximum absolute atomic E-state index is 5.80. The highest BCUT2D eigenvalue weighted by atomic mass is 35.5. The summed E-state index contributed by atoms with van der Waals surface area (Å²) in [4.78, 5) is 0. The van der Waals surface area contributed by atoms with Crippen LogP contribution in [-0.2, 0) is 12.3 Å². The number of aryl methyl sites for hydroxylation is 2. The fourth-order valence-corrected chi connectivity index (χ4v) is 1.60. The van der Waals surface area contributed by atoms with Crippen molar-refractivity contribution in [3.8, 4) is 0 Å². The van der Waals surface area contributed by atoms with Gasteiger partial charge in [-0.2, -0.15) is 0 Å². The number of hydrogen-bond acceptors (Lipinski definition) is 0. The van der Waals surface area contributed by atoms with Crippen LogP contribution in [0, 0.1) is 6.92 Å². The largest absolute Gasteiger partial charge is 0.122 e. The lowest BCUT2D eigenvalue weighted by Crippen LogP contribution is -1.89. The van der Waals surface area contributed by atoms with Crippen molar-refractivity contribution >= 4 is 11.6 Å². The summed E-state index contributed by atoms with van der Waals surface area (Å²) in [7, 11) is 0. The molecule has 66 valence electrons. The average molecular weight is 183 g/mol. The smallest absolute Gasteiger partial charge is 0.0476 e. The molecule has 0 atom stereocenters. The van der Waals surface area contributed by atoms with Crippen molar-refractivity contribution < 1.29 is 0 Å². The van der Waals surface area contributed by atoms with Gasteiger partial charge in [0.25, 0.3) is 0 Å². The van der Waals surface area contributed by atoms with Gasteiger partial charge in [0.2, 0.25) is 0 Å². The summed E-state index contributed by atoms with van der Waals surface area (Å²) >= 11 is 5.80. The Kier molecular flexibility index (Phi) is 3.61. The first-order valence-corrected chi connectivity index (χ1v) is 4.95. The van der Waals surface area contributed by atoms with E-state index in [0.717, 1.165) is 6.42 Å². The second-order valence-corrected chi connectivity index (χ2v) is 3.41. The molecular formula is C11H15Cl. The van der Waals surface area contributed by atoms with Crippen molar-refractivity contribution in [2.24, 2.45) is 0 Å². The Morgan fingerprint density at radius 2 is 2.08 bits per heavy atom. The van der Waals surface area contributed by atoms with Crippen LogP contribution in [0.4, 0.5) is 0 Å². The molecule has 0 aliphatic carbocycles. The summed E-state index contributed by atoms with van der Waals surface area (Å²) < 4.78 is 0. The molecule has 0 heterocycles. The molecule has 0 aromatic heterocycles. The molecule has 0 nitrogen and oxygen atoms in total. The van der Waals surface area contributed by atoms with E-state index in [1.54, 1.807) is 0 Å². The van der Waals surface area contributed by atoms with E-state index in [1.807, 2.05) is 0 Å². The Bertz CT molecular complexity index is 253. The van der Waals surface area contributed by atoms with Gasteiger partial charge in [-0.15, -0.1) is 11.6 Å². The maximum Gasteiger partial charge on any atom is 0.0476 e. The molecule has 1 aromatic carbocycles. The van der Waals surface area contributed by atoms with Gasteiger partial charge in [0.05, 0.1) is 0 Å². The van der Waals surface area contributed by atoms with Gasteiger partial charge in [-0.05, 0) is 30.0 Å². The van der Waals surface area contributed by atoms with Gasteiger partial charge in [0, 0.05) is 5.88 Å². The monoisotopic (exact) mass is 182 g/mol. The minimum atomic E-state index is 0.628. The van der Waals surface area contributed by atoms with Crippen LogP contribution in [0.15, 0.2) is 18.2 Å². The molecule has 1 aromatic rings. The van der Waals surface area contributed by atoms with Gasteiger partial charge in [0.1, 0.15) is 0 Å². The van der Waals surface area contributed by atoms with Crippen LogP contribution < -0.4 is 0 Å². The van der Waals surface area contributed by atoms with Crippen molar-refractivity contribution in [1.29, 1.82) is 0 Å². The highest BCUT2D eigenvalue weighted by Gasteiger charge is 1.97. The molecule has 0 saturated heterocycles. The molecule has 0 aliphatic rings. The lowest BCUT2D eigenvalue weighted by molar-refractivity contribution is 0.918. The highest BCUT2D eigenvalue weighted by Crippen LogP contribution is 2.14. The van der Waals surface area contributed by atoms with E-state index in [4.69, 9.17) is 11.6 Å². The van der Waals surface area contributed by atoms with Crippen molar-refractivity contribution in [2.75, 3.05) is 0 Å². The third kappa shape index (κ3) is 2.25. The zero-order valence-corrected chi connectivity index (χ0v) is 8.49. The van der Waals surface area contributed by atoms with Crippen LogP contribution in [0.2, 0.25) is 0 Å². The quantitative estimate of drug-likeness (QED) is 0.626. The van der Waals surface area contributed by atoms with Crippen LogP contribution in [0.25, 0.3) is 0 Å². The van der Waals surface area contributed by atoms with Crippen LogP contribution in [0.5, 0.6) is 0 Å². The predicted molar refractivity (Wildman–Crippen MR) is 54.7 cm³/mol. The minimum Gasteiger partial charge on any atom is -0.122 e. The Morgan fingerprint density at radius 1 is 1.33 bits per heavy atom. The third-order valence-electron chi connectivity index (χ3n) is 2.10. The average Bonchev–Trinajstić information content (AvgIpc) is 2.09. The Labute approximate surface area is 79.6 Å². The van der Waals surface area contributed by atoms with Gasteiger partial charge in [-0.25, -0.2) is 0 Å². The summed E-state index contributed by atoms with van der Waals surface area (Å²) in [5.41, 5.74) is 3.96. The summed E-state index contributed by atoms with van der Waals surface area (Å²) in [5, 5.41) is 0. The Balaban J connectivity index is 2.89. The SMILES string of the molecule is CCCc1ccc(C)c(CCl)c1. The van der Waals surface area contributed by atoms with Gasteiger partial charge >= 0.3 is 0 Å². The number of halogens is 1. The molecule has 0 N–H and O–H groups in total. The maximum atomic E-state index is 5.80. The van der Waals surface area contributed by atoms with Gasteiger partial charge in [-0.1, -0.05) is 31.5 Å². The molecule has 0 saturated carbocycles. The Hall–Kier alpha value is -0.490. The fourth-order valence-electron chi connectivity index (χ4n) is 1.31. The van der Waals surface area contributed by atoms with E-state index >= 15 is 0 Å². The van der Waals surface area contributed by atoms with Crippen molar-refractivity contribution in [3.63, 3.8) is 0 Å². The van der Waals surface area contributed by atoms with Crippen LogP contribution in [0.1, 0.15) is 30.0 Å². The molecule has 12 heavy (non-hydrogen) atoms. The molecule has 1 heteroatoms. The third-order valence-corrected chi connectivity index (χ3v) is 2.38. The zero-order chi connectivity index (χ0) is 8.97. The molecule has 0 unspecified atom stereocenters. The number of alkyl halides is 1. The number of hydrogen-bond donors (Lipinski definition) is 0. The van der Waals surface area contributed by atoms with Crippen LogP contribution >= 0.6 is 11.6 Å². The highest BCUT2D eigenvalue weighted by molar-refractivity contribution is 6.17. The lowest BCUT2D eigenvalue weighted by Gasteiger charge is -2.04. The second kappa shape index (κ2) is 4.51. The van der Waals surface area contributed by atoms with E-state index in [2.05, 4.69) is 32.0 Å². The van der Waals surface area contributed by atoms with E-state index in [9.17, 15) is 0 Å². The standard InChI is InChI=1S/C11H15Cl/c1-3-4-10-6-5-9(2)11(7-10)8-12/h5-7H,3-4,8H2,1-2H3. The lowest BCUT2D eigenvalue weighted by atomic mass is 10.0. The molecule has 0 amide bonds. The number of benzene rings is 1. The molecule has 0 radical (unpaired) electrons. The summed E-state index contributed by atoms with van der Waals surface area (Å²) in [6.07, 6.45) is 2.36. The molecular weight excluding hydrogens is 168 g/mol. The van der Waals surface area contributed by atoms with E-state index < -0.39 is 0 Å². The molecule has 0 aliphatic heterocycles. The van der Waals surface area contributed by atoms with Gasteiger partial charge in [-0.3, -0.25) is 0 Å². The van der Waals surface area contributed by atoms with Gasteiger partial charge < -0.3 is 0 Å². The predicted octanol–water partition coefficient (Wildman–Crippen LogP) is 3.69. The first-order valence-electron chi connectivity index (χ1n) is 4.42. The first kappa shape index (κ1) is 9.60. The van der Waals surface area contributed by atoms with E-state index in [-0.39, 0.29) is 0 Å². The van der Waals surface area contributed by atoms with Crippen molar-refractivity contribution in [2.45, 2.75) is 32.6 Å². The molecule has 0 bridgehead atoms. The van der Waals surface area contributed by atoms with Crippen molar-refractivity contribution in [1.82, 2.24) is 0 Å². The van der Waals surface area contributed by atoms with E-state index in [1.165, 1.54) is 23.1 Å². The normalized spacial score (nSPS) is 10.2. The number of rotatable bonds is 3. The molecule has 0 fully saturated rings. The second-order valence-electron chi connectivity index (χ2n) is 3.14. The van der Waals surface area contributed by atoms with Crippen LogP contribution in [-0.4, -0.2) is 0 Å². The summed E-state index contributed by atoms with van der Waals surface area (Å²) in [5.74, 6) is 0.628. The summed E-state index contributed by atoms with van der Waals surface area (Å²) in [6, 6.07) is 6.56. The Morgan fingerprint density at radius 3 is 2.67 bits per heavy atom. The fraction of sp³-hybridized carbons (Fsp3) is 0.455. The van der Waals surface area contributed by atoms with Crippen LogP contribution in [0.3, 0.4) is 0 Å². The minimum absolute atomic E-state index is 0.628. The molecule has 1 rings (SSSR count). The zero-order valence-electron chi connectivity index (χ0n) is 7.73. The van der Waals surface area contributed by atoms with Crippen molar-refractivity contribution in [3.05, 3.63) is 34.9 Å². The first-order chi connectivity index (χ1) is 5.77.